The van der Waals surface area contributed by atoms with Crippen LogP contribution in [0.25, 0.3) is 0 Å². The molecule has 2 aromatic rings. The second-order valence-electron chi connectivity index (χ2n) is 8.55. The number of carbonyl (C=O) groups is 3. The molecule has 6 N–H and O–H groups in total. The van der Waals surface area contributed by atoms with Crippen LogP contribution in [0.4, 0.5) is 0 Å². The summed E-state index contributed by atoms with van der Waals surface area (Å²) in [7, 11) is 1.50. The van der Waals surface area contributed by atoms with Gasteiger partial charge in [-0.05, 0) is 42.5 Å². The van der Waals surface area contributed by atoms with Crippen LogP contribution in [0.2, 0.25) is 0 Å². The van der Waals surface area contributed by atoms with E-state index in [1.807, 2.05) is 18.2 Å². The molecule has 13 nitrogen and oxygen atoms in total. The molecule has 2 atom stereocenters. The van der Waals surface area contributed by atoms with Gasteiger partial charge in [0, 0.05) is 26.4 Å². The van der Waals surface area contributed by atoms with Gasteiger partial charge in [-0.2, -0.15) is 0 Å². The van der Waals surface area contributed by atoms with E-state index in [2.05, 4.69) is 10.3 Å². The summed E-state index contributed by atoms with van der Waals surface area (Å²) in [5.41, 5.74) is 8.66. The van der Waals surface area contributed by atoms with Crippen molar-refractivity contribution in [2.24, 2.45) is 10.7 Å². The highest BCUT2D eigenvalue weighted by atomic mass is 16.7. The number of hydrazine groups is 1. The van der Waals surface area contributed by atoms with Gasteiger partial charge in [-0.15, -0.1) is 0 Å². The average molecular weight is 529 g/mol. The SMILES string of the molecule is CN(C(=O)CCc1ccc(O)cc1)C(Cc1ccccc1)C(=O)NC(CCCN=C(N)N[N+](=O)[O-])C(=O)O. The van der Waals surface area contributed by atoms with Crippen molar-refractivity contribution in [3.63, 3.8) is 0 Å². The first-order valence-electron chi connectivity index (χ1n) is 11.9. The number of benzene rings is 2. The molecule has 38 heavy (non-hydrogen) atoms. The van der Waals surface area contributed by atoms with Gasteiger partial charge in [0.15, 0.2) is 5.03 Å². The highest BCUT2D eigenvalue weighted by molar-refractivity contribution is 5.90. The smallest absolute Gasteiger partial charge is 0.326 e. The molecule has 2 aromatic carbocycles. The van der Waals surface area contributed by atoms with Crippen molar-refractivity contribution in [3.05, 3.63) is 75.8 Å². The van der Waals surface area contributed by atoms with E-state index in [1.165, 1.54) is 24.1 Å². The molecule has 0 fully saturated rings. The van der Waals surface area contributed by atoms with Gasteiger partial charge < -0.3 is 26.2 Å². The number of nitrogens with zero attached hydrogens (tertiary/aromatic N) is 3. The number of amides is 2. The Labute approximate surface area is 219 Å². The predicted octanol–water partition coefficient (Wildman–Crippen LogP) is 0.840. The van der Waals surface area contributed by atoms with Crippen LogP contribution in [0.3, 0.4) is 0 Å². The lowest BCUT2D eigenvalue weighted by molar-refractivity contribution is -0.525. The molecule has 204 valence electrons. The van der Waals surface area contributed by atoms with E-state index < -0.39 is 35.0 Å². The number of nitrogens with two attached hydrogens (primary N) is 1. The zero-order valence-electron chi connectivity index (χ0n) is 20.9. The number of guanidine groups is 1. The molecule has 0 aliphatic rings. The lowest BCUT2D eigenvalue weighted by Crippen LogP contribution is -2.53. The van der Waals surface area contributed by atoms with Crippen LogP contribution >= 0.6 is 0 Å². The summed E-state index contributed by atoms with van der Waals surface area (Å²) < 4.78 is 0. The number of phenolic OH excluding ortho intramolecular Hbond substituents is 1. The van der Waals surface area contributed by atoms with Crippen molar-refractivity contribution in [2.45, 2.75) is 44.2 Å². The Morgan fingerprint density at radius 1 is 1.11 bits per heavy atom. The summed E-state index contributed by atoms with van der Waals surface area (Å²) in [6.07, 6.45) is 0.860. The lowest BCUT2D eigenvalue weighted by atomic mass is 10.0. The molecular formula is C25H32N6O7. The molecule has 0 spiro atoms. The van der Waals surface area contributed by atoms with E-state index in [4.69, 9.17) is 5.73 Å². The Bertz CT molecular complexity index is 1120. The molecule has 0 aromatic heterocycles. The third-order valence-electron chi connectivity index (χ3n) is 5.75. The van der Waals surface area contributed by atoms with Gasteiger partial charge >= 0.3 is 5.97 Å². The number of rotatable bonds is 14. The molecular weight excluding hydrogens is 496 g/mol. The number of carbonyl (C=O) groups excluding carboxylic acids is 2. The maximum atomic E-state index is 13.3. The van der Waals surface area contributed by atoms with Gasteiger partial charge in [0.05, 0.1) is 0 Å². The highest BCUT2D eigenvalue weighted by Crippen LogP contribution is 2.14. The Morgan fingerprint density at radius 2 is 1.76 bits per heavy atom. The molecule has 0 aliphatic carbocycles. The lowest BCUT2D eigenvalue weighted by Gasteiger charge is -2.29. The van der Waals surface area contributed by atoms with Crippen molar-refractivity contribution in [1.82, 2.24) is 15.6 Å². The number of nitrogens with one attached hydrogen (secondary N) is 2. The molecule has 0 radical (unpaired) electrons. The van der Waals surface area contributed by atoms with E-state index >= 15 is 0 Å². The number of phenols is 1. The largest absolute Gasteiger partial charge is 0.508 e. The minimum atomic E-state index is -1.27. The van der Waals surface area contributed by atoms with E-state index in [9.17, 15) is 34.7 Å². The Kier molecular flexibility index (Phi) is 11.5. The molecule has 0 saturated heterocycles. The zero-order chi connectivity index (χ0) is 28.1. The summed E-state index contributed by atoms with van der Waals surface area (Å²) in [6.45, 7) is 0.00934. The number of aromatic hydroxyl groups is 1. The Morgan fingerprint density at radius 3 is 2.37 bits per heavy atom. The summed E-state index contributed by atoms with van der Waals surface area (Å²) in [4.78, 5) is 53.5. The van der Waals surface area contributed by atoms with E-state index in [1.54, 1.807) is 29.7 Å². The summed E-state index contributed by atoms with van der Waals surface area (Å²) >= 11 is 0. The molecule has 0 aliphatic heterocycles. The molecule has 0 bridgehead atoms. The van der Waals surface area contributed by atoms with Gasteiger partial charge in [-0.3, -0.25) is 9.59 Å². The van der Waals surface area contributed by atoms with Crippen LogP contribution < -0.4 is 16.5 Å². The molecule has 0 saturated carbocycles. The van der Waals surface area contributed by atoms with Crippen LogP contribution in [0.1, 0.15) is 30.4 Å². The predicted molar refractivity (Wildman–Crippen MR) is 139 cm³/mol. The molecule has 2 amide bonds. The van der Waals surface area contributed by atoms with Gasteiger partial charge in [0.25, 0.3) is 5.96 Å². The summed E-state index contributed by atoms with van der Waals surface area (Å²) in [5, 5.41) is 31.1. The van der Waals surface area contributed by atoms with E-state index in [-0.39, 0.29) is 43.9 Å². The third kappa shape index (κ3) is 10.1. The van der Waals surface area contributed by atoms with Crippen molar-refractivity contribution in [3.8, 4) is 5.75 Å². The van der Waals surface area contributed by atoms with Crippen LogP contribution in [0, 0.1) is 10.1 Å². The molecule has 2 rings (SSSR count). The zero-order valence-corrected chi connectivity index (χ0v) is 20.9. The summed E-state index contributed by atoms with van der Waals surface area (Å²) in [5.74, 6) is -2.49. The third-order valence-corrected chi connectivity index (χ3v) is 5.75. The second kappa shape index (κ2) is 14.8. The standard InChI is InChI=1S/C25H32N6O7/c1-30(22(33)14-11-17-9-12-19(32)13-10-17)21(16-18-6-3-2-4-7-18)23(34)28-20(24(35)36)8-5-15-27-25(26)29-31(37)38/h2-4,6-7,9-10,12-13,20-21,32H,5,8,11,14-16H2,1H3,(H,28,34)(H,35,36)(H3,26,27,29). The van der Waals surface area contributed by atoms with Crippen molar-refractivity contribution in [1.29, 1.82) is 0 Å². The first-order chi connectivity index (χ1) is 18.1. The monoisotopic (exact) mass is 528 g/mol. The number of aliphatic carboxylic acids is 1. The number of hydrogen-bond acceptors (Lipinski definition) is 7. The number of hydrogen-bond donors (Lipinski definition) is 5. The number of nitro groups is 1. The maximum absolute atomic E-state index is 13.3. The number of likely N-dealkylation sites (N-methyl/N-ethyl adjacent to an activating group) is 1. The minimum Gasteiger partial charge on any atom is -0.508 e. The number of aliphatic imine (C=N–C) groups is 1. The van der Waals surface area contributed by atoms with Crippen LogP contribution in [-0.4, -0.2) is 69.6 Å². The van der Waals surface area contributed by atoms with Crippen molar-refractivity contribution < 1.29 is 29.6 Å². The van der Waals surface area contributed by atoms with Crippen LogP contribution in [-0.2, 0) is 27.2 Å². The normalized spacial score (nSPS) is 12.7. The second-order valence-corrected chi connectivity index (χ2v) is 8.55. The topological polar surface area (TPSA) is 200 Å². The number of carboxylic acids is 1. The van der Waals surface area contributed by atoms with Gasteiger partial charge in [-0.1, -0.05) is 47.9 Å². The first-order valence-corrected chi connectivity index (χ1v) is 11.9. The quantitative estimate of drug-likeness (QED) is 0.0774. The molecule has 0 heterocycles. The number of aryl methyl sites for hydroxylation is 1. The van der Waals surface area contributed by atoms with Crippen LogP contribution in [0.5, 0.6) is 5.75 Å². The number of carboxylic acid groups (broad SMARTS) is 1. The van der Waals surface area contributed by atoms with E-state index in [0.717, 1.165) is 11.1 Å². The van der Waals surface area contributed by atoms with Gasteiger partial charge in [0.1, 0.15) is 17.8 Å². The summed E-state index contributed by atoms with van der Waals surface area (Å²) in [6, 6.07) is 13.3. The molecule has 13 heteroatoms. The fourth-order valence-electron chi connectivity index (χ4n) is 3.66. The van der Waals surface area contributed by atoms with Crippen molar-refractivity contribution in [2.75, 3.05) is 13.6 Å². The Balaban J connectivity index is 2.08. The van der Waals surface area contributed by atoms with Gasteiger partial charge in [0.2, 0.25) is 11.8 Å². The van der Waals surface area contributed by atoms with E-state index in [0.29, 0.717) is 6.42 Å². The first kappa shape index (κ1) is 29.5. The minimum absolute atomic E-state index is 0.00706. The van der Waals surface area contributed by atoms with Gasteiger partial charge in [-0.25, -0.2) is 19.9 Å². The Hall–Kier alpha value is -4.68. The maximum Gasteiger partial charge on any atom is 0.326 e. The van der Waals surface area contributed by atoms with Crippen molar-refractivity contribution >= 4 is 23.7 Å². The fourth-order valence-corrected chi connectivity index (χ4v) is 3.66. The molecule has 2 unspecified atom stereocenters. The average Bonchev–Trinajstić information content (AvgIpc) is 2.88. The fraction of sp³-hybridized carbons (Fsp3) is 0.360. The van der Waals surface area contributed by atoms with Crippen LogP contribution in [0.15, 0.2) is 59.6 Å². The highest BCUT2D eigenvalue weighted by Gasteiger charge is 2.30.